The smallest absolute Gasteiger partial charge is 0.341 e. The van der Waals surface area contributed by atoms with E-state index in [4.69, 9.17) is 0 Å². The summed E-state index contributed by atoms with van der Waals surface area (Å²) >= 11 is 0. The van der Waals surface area contributed by atoms with Crippen LogP contribution in [0.25, 0.3) is 0 Å². The number of aromatic nitrogens is 1. The number of halogens is 3. The van der Waals surface area contributed by atoms with Crippen molar-refractivity contribution in [2.45, 2.75) is 38.4 Å². The largest absolute Gasteiger partial charge is 0.421 e. The Morgan fingerprint density at radius 2 is 1.76 bits per heavy atom. The Bertz CT molecular complexity index is 558. The molecule has 0 aromatic carbocycles. The summed E-state index contributed by atoms with van der Waals surface area (Å²) in [6, 6.07) is 1.87. The molecule has 0 saturated carbocycles. The molecule has 1 fully saturated rings. The quantitative estimate of drug-likeness (QED) is 0.841. The van der Waals surface area contributed by atoms with Gasteiger partial charge in [-0.15, -0.1) is 0 Å². The van der Waals surface area contributed by atoms with Gasteiger partial charge in [-0.2, -0.15) is 13.2 Å². The summed E-state index contributed by atoms with van der Waals surface area (Å²) < 4.78 is 38.8. The molecule has 21 heavy (non-hydrogen) atoms. The summed E-state index contributed by atoms with van der Waals surface area (Å²) in [6.45, 7) is 0.863. The minimum Gasteiger partial charge on any atom is -0.341 e. The van der Waals surface area contributed by atoms with Gasteiger partial charge in [0.15, 0.2) is 0 Å². The molecule has 7 heteroatoms. The third kappa shape index (κ3) is 3.86. The van der Waals surface area contributed by atoms with Gasteiger partial charge in [0.2, 0.25) is 5.91 Å². The molecule has 0 spiro atoms. The Labute approximate surface area is 120 Å². The van der Waals surface area contributed by atoms with E-state index in [9.17, 15) is 22.8 Å². The monoisotopic (exact) mass is 302 g/mol. The first-order valence-corrected chi connectivity index (χ1v) is 6.94. The van der Waals surface area contributed by atoms with Gasteiger partial charge >= 0.3 is 6.18 Å². The predicted octanol–water partition coefficient (Wildman–Crippen LogP) is 2.27. The van der Waals surface area contributed by atoms with Crippen molar-refractivity contribution in [3.05, 3.63) is 34.2 Å². The number of likely N-dealkylation sites (tertiary alicyclic amines) is 1. The Kier molecular flexibility index (Phi) is 4.69. The minimum atomic E-state index is -4.70. The molecule has 2 heterocycles. The molecule has 1 aromatic rings. The van der Waals surface area contributed by atoms with Crippen LogP contribution < -0.4 is 5.56 Å². The lowest BCUT2D eigenvalue weighted by Gasteiger charge is -2.21. The van der Waals surface area contributed by atoms with Gasteiger partial charge in [-0.1, -0.05) is 12.8 Å². The van der Waals surface area contributed by atoms with E-state index in [1.807, 2.05) is 0 Å². The molecule has 0 unspecified atom stereocenters. The van der Waals surface area contributed by atoms with E-state index in [0.29, 0.717) is 13.1 Å². The number of carbonyl (C=O) groups excluding carboxylic acids is 1. The Morgan fingerprint density at radius 3 is 2.33 bits per heavy atom. The van der Waals surface area contributed by atoms with Crippen molar-refractivity contribution in [3.63, 3.8) is 0 Å². The van der Waals surface area contributed by atoms with E-state index < -0.39 is 17.3 Å². The first-order valence-electron chi connectivity index (χ1n) is 6.94. The van der Waals surface area contributed by atoms with Gasteiger partial charge in [-0.25, -0.2) is 0 Å². The van der Waals surface area contributed by atoms with Crippen LogP contribution in [-0.2, 0) is 17.5 Å². The van der Waals surface area contributed by atoms with E-state index in [1.54, 1.807) is 4.90 Å². The van der Waals surface area contributed by atoms with Crippen LogP contribution in [0.2, 0.25) is 0 Å². The standard InChI is InChI=1S/C14H17F3N2O2/c15-14(16,17)11-6-5-9-19(13(11)21)10-12(20)18-7-3-1-2-4-8-18/h5-6,9H,1-4,7-8,10H2. The van der Waals surface area contributed by atoms with Crippen LogP contribution in [0.3, 0.4) is 0 Å². The third-order valence-electron chi connectivity index (χ3n) is 3.59. The van der Waals surface area contributed by atoms with E-state index in [1.165, 1.54) is 6.20 Å². The highest BCUT2D eigenvalue weighted by molar-refractivity contribution is 5.76. The highest BCUT2D eigenvalue weighted by Gasteiger charge is 2.34. The Morgan fingerprint density at radius 1 is 1.14 bits per heavy atom. The Hall–Kier alpha value is -1.79. The molecule has 1 aromatic heterocycles. The molecule has 0 atom stereocenters. The molecular weight excluding hydrogens is 285 g/mol. The highest BCUT2D eigenvalue weighted by Crippen LogP contribution is 2.26. The zero-order valence-electron chi connectivity index (χ0n) is 11.5. The van der Waals surface area contributed by atoms with Gasteiger partial charge in [0.25, 0.3) is 5.56 Å². The molecule has 116 valence electrons. The van der Waals surface area contributed by atoms with E-state index in [0.717, 1.165) is 42.4 Å². The summed E-state index contributed by atoms with van der Waals surface area (Å²) in [6.07, 6.45) is 0.395. The molecule has 2 rings (SSSR count). The lowest BCUT2D eigenvalue weighted by molar-refractivity contribution is -0.139. The van der Waals surface area contributed by atoms with Crippen molar-refractivity contribution in [2.24, 2.45) is 0 Å². The van der Waals surface area contributed by atoms with Gasteiger partial charge in [-0.3, -0.25) is 9.59 Å². The topological polar surface area (TPSA) is 42.3 Å². The molecule has 4 nitrogen and oxygen atoms in total. The van der Waals surface area contributed by atoms with Gasteiger partial charge < -0.3 is 9.47 Å². The van der Waals surface area contributed by atoms with Crippen LogP contribution in [0.15, 0.2) is 23.1 Å². The van der Waals surface area contributed by atoms with Crippen LogP contribution in [0, 0.1) is 0 Å². The number of hydrogen-bond acceptors (Lipinski definition) is 2. The van der Waals surface area contributed by atoms with Crippen molar-refractivity contribution in [1.82, 2.24) is 9.47 Å². The zero-order valence-corrected chi connectivity index (χ0v) is 11.5. The van der Waals surface area contributed by atoms with Crippen molar-refractivity contribution >= 4 is 5.91 Å². The fourth-order valence-corrected chi connectivity index (χ4v) is 2.44. The predicted molar refractivity (Wildman–Crippen MR) is 70.8 cm³/mol. The first kappa shape index (κ1) is 15.6. The first-order chi connectivity index (χ1) is 9.89. The summed E-state index contributed by atoms with van der Waals surface area (Å²) in [5.74, 6) is -0.307. The summed E-state index contributed by atoms with van der Waals surface area (Å²) in [5, 5.41) is 0. The minimum absolute atomic E-state index is 0.307. The summed E-state index contributed by atoms with van der Waals surface area (Å²) in [4.78, 5) is 25.5. The van der Waals surface area contributed by atoms with Gasteiger partial charge in [-0.05, 0) is 25.0 Å². The van der Waals surface area contributed by atoms with Gasteiger partial charge in [0, 0.05) is 19.3 Å². The maximum atomic E-state index is 12.7. The highest BCUT2D eigenvalue weighted by atomic mass is 19.4. The number of hydrogen-bond donors (Lipinski definition) is 0. The molecular formula is C14H17F3N2O2. The van der Waals surface area contributed by atoms with Crippen molar-refractivity contribution in [2.75, 3.05) is 13.1 Å². The molecule has 1 saturated heterocycles. The SMILES string of the molecule is O=C(Cn1cccc(C(F)(F)F)c1=O)N1CCCCCC1. The van der Waals surface area contributed by atoms with Crippen LogP contribution >= 0.6 is 0 Å². The lowest BCUT2D eigenvalue weighted by atomic mass is 10.2. The third-order valence-corrected chi connectivity index (χ3v) is 3.59. The number of amides is 1. The molecule has 1 amide bonds. The van der Waals surface area contributed by atoms with E-state index in [2.05, 4.69) is 0 Å². The average molecular weight is 302 g/mol. The van der Waals surface area contributed by atoms with Crippen LogP contribution in [-0.4, -0.2) is 28.5 Å². The second kappa shape index (κ2) is 6.32. The Balaban J connectivity index is 2.16. The van der Waals surface area contributed by atoms with Crippen molar-refractivity contribution in [1.29, 1.82) is 0 Å². The lowest BCUT2D eigenvalue weighted by Crippen LogP contribution is -2.38. The maximum Gasteiger partial charge on any atom is 0.421 e. The van der Waals surface area contributed by atoms with Crippen molar-refractivity contribution in [3.8, 4) is 0 Å². The molecule has 1 aliphatic heterocycles. The molecule has 0 aliphatic carbocycles. The fraction of sp³-hybridized carbons (Fsp3) is 0.571. The summed E-state index contributed by atoms with van der Waals surface area (Å²) in [7, 11) is 0. The molecule has 0 N–H and O–H groups in total. The fourth-order valence-electron chi connectivity index (χ4n) is 2.44. The van der Waals surface area contributed by atoms with Crippen LogP contribution in [0.4, 0.5) is 13.2 Å². The van der Waals surface area contributed by atoms with Gasteiger partial charge in [0.05, 0.1) is 0 Å². The van der Waals surface area contributed by atoms with E-state index >= 15 is 0 Å². The number of carbonyl (C=O) groups is 1. The molecule has 0 bridgehead atoms. The van der Waals surface area contributed by atoms with Crippen LogP contribution in [0.5, 0.6) is 0 Å². The van der Waals surface area contributed by atoms with E-state index in [-0.39, 0.29) is 12.5 Å². The number of pyridine rings is 1. The van der Waals surface area contributed by atoms with Crippen LogP contribution in [0.1, 0.15) is 31.2 Å². The summed E-state index contributed by atoms with van der Waals surface area (Å²) in [5.41, 5.74) is -2.41. The normalized spacial score (nSPS) is 16.6. The molecule has 0 radical (unpaired) electrons. The van der Waals surface area contributed by atoms with Crippen molar-refractivity contribution < 1.29 is 18.0 Å². The second-order valence-electron chi connectivity index (χ2n) is 5.15. The number of alkyl halides is 3. The average Bonchev–Trinajstić information content (AvgIpc) is 2.68. The number of nitrogens with zero attached hydrogens (tertiary/aromatic N) is 2. The zero-order chi connectivity index (χ0) is 15.5. The maximum absolute atomic E-state index is 12.7. The number of rotatable bonds is 2. The second-order valence-corrected chi connectivity index (χ2v) is 5.15. The van der Waals surface area contributed by atoms with Gasteiger partial charge in [0.1, 0.15) is 12.1 Å². The molecule has 1 aliphatic rings.